The summed E-state index contributed by atoms with van der Waals surface area (Å²) < 4.78 is 38.3. The van der Waals surface area contributed by atoms with Gasteiger partial charge in [0.25, 0.3) is 0 Å². The molecule has 1 aromatic heterocycles. The molecule has 0 aliphatic carbocycles. The number of alkyl halides is 3. The third-order valence-corrected chi connectivity index (χ3v) is 4.36. The van der Waals surface area contributed by atoms with Crippen LogP contribution in [0.3, 0.4) is 0 Å². The first-order valence-corrected chi connectivity index (χ1v) is 9.24. The van der Waals surface area contributed by atoms with Crippen molar-refractivity contribution in [1.29, 1.82) is 0 Å². The molecule has 0 saturated carbocycles. The number of aromatic nitrogens is 1. The molecule has 1 saturated heterocycles. The Morgan fingerprint density at radius 3 is 2.57 bits per heavy atom. The topological polar surface area (TPSA) is 77.6 Å². The number of pyridine rings is 1. The minimum absolute atomic E-state index is 0.0491. The molecule has 2 rings (SSSR count). The minimum Gasteiger partial charge on any atom is -0.354 e. The number of anilines is 1. The fraction of sp³-hybridized carbons (Fsp3) is 0.588. The quantitative estimate of drug-likeness (QED) is 0.781. The summed E-state index contributed by atoms with van der Waals surface area (Å²) in [6, 6.07) is 0.241. The third kappa shape index (κ3) is 6.52. The molecule has 156 valence electrons. The maximum atomic E-state index is 12.8. The predicted octanol–water partition coefficient (Wildman–Crippen LogP) is 2.50. The zero-order valence-corrected chi connectivity index (χ0v) is 16.4. The van der Waals surface area contributed by atoms with Gasteiger partial charge in [0.15, 0.2) is 0 Å². The van der Waals surface area contributed by atoms with E-state index in [4.69, 9.17) is 11.6 Å². The van der Waals surface area contributed by atoms with Crippen molar-refractivity contribution in [1.82, 2.24) is 20.5 Å². The van der Waals surface area contributed by atoms with Crippen molar-refractivity contribution in [3.8, 4) is 0 Å². The highest BCUT2D eigenvalue weighted by atomic mass is 35.5. The first kappa shape index (κ1) is 22.2. The molecule has 0 spiro atoms. The van der Waals surface area contributed by atoms with E-state index >= 15 is 0 Å². The van der Waals surface area contributed by atoms with Crippen molar-refractivity contribution in [2.75, 3.05) is 37.6 Å². The van der Waals surface area contributed by atoms with Gasteiger partial charge in [0.1, 0.15) is 5.82 Å². The lowest BCUT2D eigenvalue weighted by molar-refractivity contribution is -0.137. The summed E-state index contributed by atoms with van der Waals surface area (Å²) in [5.74, 6) is -0.130. The van der Waals surface area contributed by atoms with Crippen LogP contribution in [0.25, 0.3) is 0 Å². The minimum atomic E-state index is -4.50. The average Bonchev–Trinajstić information content (AvgIpc) is 2.78. The molecule has 0 bridgehead atoms. The lowest BCUT2D eigenvalue weighted by Crippen LogP contribution is -2.46. The fourth-order valence-electron chi connectivity index (χ4n) is 2.83. The number of carbonyl (C=O) groups excluding carboxylic acids is 2. The molecule has 1 aromatic rings. The second kappa shape index (κ2) is 9.42. The molecule has 0 aromatic carbocycles. The van der Waals surface area contributed by atoms with E-state index in [-0.39, 0.29) is 23.4 Å². The molecule has 0 atom stereocenters. The van der Waals surface area contributed by atoms with E-state index in [2.05, 4.69) is 15.6 Å². The Hall–Kier alpha value is -2.07. The van der Waals surface area contributed by atoms with E-state index in [0.717, 1.165) is 12.3 Å². The SMILES string of the molecule is CC(C)NC(=O)NC(=O)CN1CCCN(c2ncc(C(F)(F)F)cc2Cl)CC1. The summed E-state index contributed by atoms with van der Waals surface area (Å²) >= 11 is 6.02. The van der Waals surface area contributed by atoms with Crippen LogP contribution in [0.15, 0.2) is 12.3 Å². The van der Waals surface area contributed by atoms with E-state index < -0.39 is 23.7 Å². The second-order valence-electron chi connectivity index (χ2n) is 6.82. The Labute approximate surface area is 166 Å². The van der Waals surface area contributed by atoms with Gasteiger partial charge in [0, 0.05) is 38.4 Å². The molecule has 7 nitrogen and oxygen atoms in total. The van der Waals surface area contributed by atoms with E-state index in [0.29, 0.717) is 32.6 Å². The molecule has 1 aliphatic rings. The van der Waals surface area contributed by atoms with Crippen LogP contribution in [0.5, 0.6) is 0 Å². The van der Waals surface area contributed by atoms with Crippen LogP contribution in [0, 0.1) is 0 Å². The van der Waals surface area contributed by atoms with Gasteiger partial charge in [-0.25, -0.2) is 9.78 Å². The van der Waals surface area contributed by atoms with Crippen molar-refractivity contribution in [2.24, 2.45) is 0 Å². The van der Waals surface area contributed by atoms with Crippen LogP contribution in [0.1, 0.15) is 25.8 Å². The lowest BCUT2D eigenvalue weighted by Gasteiger charge is -2.23. The summed E-state index contributed by atoms with van der Waals surface area (Å²) in [7, 11) is 0. The Morgan fingerprint density at radius 1 is 1.25 bits per heavy atom. The predicted molar refractivity (Wildman–Crippen MR) is 99.3 cm³/mol. The van der Waals surface area contributed by atoms with Crippen molar-refractivity contribution >= 4 is 29.4 Å². The number of hydrogen-bond acceptors (Lipinski definition) is 5. The summed E-state index contributed by atoms with van der Waals surface area (Å²) in [5.41, 5.74) is -0.894. The monoisotopic (exact) mass is 421 g/mol. The van der Waals surface area contributed by atoms with Gasteiger partial charge in [0.05, 0.1) is 17.1 Å². The first-order chi connectivity index (χ1) is 13.1. The van der Waals surface area contributed by atoms with Crippen LogP contribution >= 0.6 is 11.6 Å². The van der Waals surface area contributed by atoms with Crippen molar-refractivity contribution < 1.29 is 22.8 Å². The molecule has 1 aliphatic heterocycles. The van der Waals surface area contributed by atoms with Crippen LogP contribution in [0.2, 0.25) is 5.02 Å². The highest BCUT2D eigenvalue weighted by molar-refractivity contribution is 6.33. The molecular weight excluding hydrogens is 399 g/mol. The summed E-state index contributed by atoms with van der Waals surface area (Å²) in [4.78, 5) is 31.1. The third-order valence-electron chi connectivity index (χ3n) is 4.08. The number of nitrogens with one attached hydrogen (secondary N) is 2. The number of hydrogen-bond donors (Lipinski definition) is 2. The van der Waals surface area contributed by atoms with Gasteiger partial charge in [-0.1, -0.05) is 11.6 Å². The second-order valence-corrected chi connectivity index (χ2v) is 7.23. The van der Waals surface area contributed by atoms with E-state index in [1.165, 1.54) is 0 Å². The molecular formula is C17H23ClF3N5O2. The number of amides is 3. The van der Waals surface area contributed by atoms with Crippen LogP contribution < -0.4 is 15.5 Å². The molecule has 1 fully saturated rings. The molecule has 3 amide bonds. The Bertz CT molecular complexity index is 715. The van der Waals surface area contributed by atoms with Crippen molar-refractivity contribution in [3.05, 3.63) is 22.8 Å². The molecule has 2 N–H and O–H groups in total. The number of urea groups is 1. The number of imide groups is 1. The van der Waals surface area contributed by atoms with Gasteiger partial charge in [0.2, 0.25) is 5.91 Å². The number of rotatable bonds is 4. The zero-order chi connectivity index (χ0) is 20.9. The van der Waals surface area contributed by atoms with Gasteiger partial charge < -0.3 is 10.2 Å². The largest absolute Gasteiger partial charge is 0.417 e. The van der Waals surface area contributed by atoms with E-state index in [9.17, 15) is 22.8 Å². The number of nitrogens with zero attached hydrogens (tertiary/aromatic N) is 3. The first-order valence-electron chi connectivity index (χ1n) is 8.86. The average molecular weight is 422 g/mol. The summed E-state index contributed by atoms with van der Waals surface area (Å²) in [6.07, 6.45) is -3.06. The Balaban J connectivity index is 1.93. The molecule has 0 radical (unpaired) electrons. The highest BCUT2D eigenvalue weighted by Crippen LogP contribution is 2.33. The van der Waals surface area contributed by atoms with Crippen LogP contribution in [-0.4, -0.2) is 60.6 Å². The van der Waals surface area contributed by atoms with Crippen LogP contribution in [0.4, 0.5) is 23.8 Å². The van der Waals surface area contributed by atoms with E-state index in [1.54, 1.807) is 18.7 Å². The summed E-state index contributed by atoms with van der Waals surface area (Å²) in [5, 5.41) is 4.78. The lowest BCUT2D eigenvalue weighted by atomic mass is 10.2. The molecule has 0 unspecified atom stereocenters. The van der Waals surface area contributed by atoms with Gasteiger partial charge in [-0.2, -0.15) is 13.2 Å². The van der Waals surface area contributed by atoms with Gasteiger partial charge in [-0.15, -0.1) is 0 Å². The maximum Gasteiger partial charge on any atom is 0.417 e. The maximum absolute atomic E-state index is 12.8. The zero-order valence-electron chi connectivity index (χ0n) is 15.6. The molecule has 28 heavy (non-hydrogen) atoms. The smallest absolute Gasteiger partial charge is 0.354 e. The van der Waals surface area contributed by atoms with Crippen molar-refractivity contribution in [2.45, 2.75) is 32.5 Å². The molecule has 2 heterocycles. The standard InChI is InChI=1S/C17H23ClF3N5O2/c1-11(2)23-16(28)24-14(27)10-25-4-3-5-26(7-6-25)15-13(18)8-12(9-22-15)17(19,20)21/h8-9,11H,3-7,10H2,1-2H3,(H2,23,24,27,28). The number of carbonyl (C=O) groups is 2. The number of halogens is 4. The van der Waals surface area contributed by atoms with Gasteiger partial charge >= 0.3 is 12.2 Å². The Kier molecular flexibility index (Phi) is 7.48. The highest BCUT2D eigenvalue weighted by Gasteiger charge is 2.32. The van der Waals surface area contributed by atoms with E-state index in [1.807, 2.05) is 4.90 Å². The van der Waals surface area contributed by atoms with Gasteiger partial charge in [-0.3, -0.25) is 15.0 Å². The summed E-state index contributed by atoms with van der Waals surface area (Å²) in [6.45, 7) is 5.70. The van der Waals surface area contributed by atoms with Crippen molar-refractivity contribution in [3.63, 3.8) is 0 Å². The van der Waals surface area contributed by atoms with Gasteiger partial charge in [-0.05, 0) is 26.3 Å². The fourth-order valence-corrected chi connectivity index (χ4v) is 3.11. The molecule has 11 heteroatoms. The normalized spacial score (nSPS) is 16.0. The van der Waals surface area contributed by atoms with Crippen LogP contribution in [-0.2, 0) is 11.0 Å². The Morgan fingerprint density at radius 2 is 1.96 bits per heavy atom.